The second-order valence-corrected chi connectivity index (χ2v) is 9.19. The molecule has 1 amide bonds. The summed E-state index contributed by atoms with van der Waals surface area (Å²) in [4.78, 5) is 12.6. The third kappa shape index (κ3) is 4.36. The normalized spacial score (nSPS) is 13.7. The first kappa shape index (κ1) is 19.9. The molecule has 1 heterocycles. The minimum absolute atomic E-state index is 0.0897. The molecule has 1 aliphatic rings. The summed E-state index contributed by atoms with van der Waals surface area (Å²) < 4.78 is 50.4. The van der Waals surface area contributed by atoms with Crippen molar-refractivity contribution in [2.75, 3.05) is 22.4 Å². The number of alkyl halides is 2. The number of amides is 1. The number of rotatable bonds is 5. The van der Waals surface area contributed by atoms with Crippen LogP contribution >= 0.6 is 23.4 Å². The van der Waals surface area contributed by atoms with Crippen LogP contribution in [0.25, 0.3) is 0 Å². The molecule has 0 atom stereocenters. The minimum Gasteiger partial charge on any atom is -0.321 e. The number of hydrogen-bond acceptors (Lipinski definition) is 4. The van der Waals surface area contributed by atoms with Crippen LogP contribution in [0.15, 0.2) is 41.3 Å². The first-order valence-corrected chi connectivity index (χ1v) is 10.9. The lowest BCUT2D eigenvalue weighted by molar-refractivity contribution is 0.102. The van der Waals surface area contributed by atoms with Gasteiger partial charge in [-0.2, -0.15) is 8.78 Å². The predicted molar refractivity (Wildman–Crippen MR) is 104 cm³/mol. The molecule has 3 rings (SSSR count). The first-order valence-electron chi connectivity index (χ1n) is 7.82. The Hall–Kier alpha value is -1.84. The molecular formula is C17H15ClF2N2O3S2. The number of hydrogen-bond donors (Lipinski definition) is 1. The quantitative estimate of drug-likeness (QED) is 0.718. The van der Waals surface area contributed by atoms with Gasteiger partial charge in [-0.15, -0.1) is 0 Å². The standard InChI is InChI=1S/C17H15ClF2N2O3S2/c1-27(24,25)22-8-7-10-9-11(5-6-14(10)22)16(23)21-13-4-2-3-12(18)15(13)26-17(19)20/h2-6,9,17H,7-8H2,1H3,(H,21,23). The summed E-state index contributed by atoms with van der Waals surface area (Å²) in [6, 6.07) is 9.21. The lowest BCUT2D eigenvalue weighted by atomic mass is 10.1. The van der Waals surface area contributed by atoms with Gasteiger partial charge in [-0.1, -0.05) is 29.4 Å². The molecule has 0 unspecified atom stereocenters. The average Bonchev–Trinajstić information content (AvgIpc) is 3.01. The van der Waals surface area contributed by atoms with E-state index in [1.165, 1.54) is 22.5 Å². The van der Waals surface area contributed by atoms with E-state index in [0.717, 1.165) is 11.8 Å². The third-order valence-corrected chi connectivity index (χ3v) is 6.48. The number of carbonyl (C=O) groups is 1. The fraction of sp³-hybridized carbons (Fsp3) is 0.235. The Kier molecular flexibility index (Phi) is 5.64. The maximum absolute atomic E-state index is 12.8. The topological polar surface area (TPSA) is 66.5 Å². The molecule has 0 bridgehead atoms. The molecule has 1 N–H and O–H groups in total. The van der Waals surface area contributed by atoms with E-state index in [4.69, 9.17) is 11.6 Å². The first-order chi connectivity index (χ1) is 12.7. The molecule has 27 heavy (non-hydrogen) atoms. The average molecular weight is 433 g/mol. The van der Waals surface area contributed by atoms with Gasteiger partial charge in [0.1, 0.15) is 0 Å². The van der Waals surface area contributed by atoms with Crippen LogP contribution in [0.5, 0.6) is 0 Å². The Morgan fingerprint density at radius 3 is 2.70 bits per heavy atom. The molecule has 2 aromatic carbocycles. The molecule has 5 nitrogen and oxygen atoms in total. The number of nitrogens with one attached hydrogen (secondary N) is 1. The van der Waals surface area contributed by atoms with Gasteiger partial charge in [0.15, 0.2) is 0 Å². The highest BCUT2D eigenvalue weighted by Crippen LogP contribution is 2.38. The zero-order chi connectivity index (χ0) is 19.8. The van der Waals surface area contributed by atoms with Gasteiger partial charge in [0.2, 0.25) is 10.0 Å². The van der Waals surface area contributed by atoms with Crippen LogP contribution in [0, 0.1) is 0 Å². The van der Waals surface area contributed by atoms with E-state index < -0.39 is 21.7 Å². The lowest BCUT2D eigenvalue weighted by Crippen LogP contribution is -2.27. The minimum atomic E-state index is -3.38. The lowest BCUT2D eigenvalue weighted by Gasteiger charge is -2.16. The second kappa shape index (κ2) is 7.65. The summed E-state index contributed by atoms with van der Waals surface area (Å²) in [5.74, 6) is -3.17. The molecule has 10 heteroatoms. The van der Waals surface area contributed by atoms with Gasteiger partial charge < -0.3 is 5.32 Å². The highest BCUT2D eigenvalue weighted by molar-refractivity contribution is 7.99. The van der Waals surface area contributed by atoms with Crippen molar-refractivity contribution in [3.05, 3.63) is 52.5 Å². The zero-order valence-corrected chi connectivity index (χ0v) is 16.5. The molecule has 0 saturated carbocycles. The molecule has 1 aliphatic heterocycles. The van der Waals surface area contributed by atoms with Crippen molar-refractivity contribution in [3.63, 3.8) is 0 Å². The van der Waals surface area contributed by atoms with Gasteiger partial charge in [0.05, 0.1) is 27.5 Å². The summed E-state index contributed by atoms with van der Waals surface area (Å²) >= 11 is 6.23. The van der Waals surface area contributed by atoms with E-state index in [0.29, 0.717) is 24.2 Å². The molecule has 0 fully saturated rings. The maximum atomic E-state index is 12.8. The Bertz CT molecular complexity index is 1000. The van der Waals surface area contributed by atoms with Crippen LogP contribution in [0.2, 0.25) is 5.02 Å². The number of anilines is 2. The van der Waals surface area contributed by atoms with Crippen molar-refractivity contribution in [2.24, 2.45) is 0 Å². The highest BCUT2D eigenvalue weighted by atomic mass is 35.5. The van der Waals surface area contributed by atoms with Crippen molar-refractivity contribution in [2.45, 2.75) is 17.1 Å². The molecular weight excluding hydrogens is 418 g/mol. The van der Waals surface area contributed by atoms with Crippen LogP contribution in [-0.4, -0.2) is 32.9 Å². The molecule has 144 valence electrons. The van der Waals surface area contributed by atoms with E-state index >= 15 is 0 Å². The van der Waals surface area contributed by atoms with Crippen molar-refractivity contribution in [1.82, 2.24) is 0 Å². The number of nitrogens with zero attached hydrogens (tertiary/aromatic N) is 1. The highest BCUT2D eigenvalue weighted by Gasteiger charge is 2.27. The zero-order valence-electron chi connectivity index (χ0n) is 14.1. The van der Waals surface area contributed by atoms with E-state index in [-0.39, 0.29) is 27.4 Å². The fourth-order valence-electron chi connectivity index (χ4n) is 2.87. The second-order valence-electron chi connectivity index (χ2n) is 5.88. The number of halogens is 3. The molecule has 0 spiro atoms. The Morgan fingerprint density at radius 2 is 2.04 bits per heavy atom. The Labute approximate surface area is 164 Å². The summed E-state index contributed by atoms with van der Waals surface area (Å²) in [5, 5.41) is 2.72. The predicted octanol–water partition coefficient (Wildman–Crippen LogP) is 4.23. The summed E-state index contributed by atoms with van der Waals surface area (Å²) in [6.45, 7) is 0.322. The largest absolute Gasteiger partial charge is 0.321 e. The van der Waals surface area contributed by atoms with Crippen molar-refractivity contribution >= 4 is 50.7 Å². The van der Waals surface area contributed by atoms with E-state index in [1.54, 1.807) is 18.2 Å². The van der Waals surface area contributed by atoms with Crippen molar-refractivity contribution < 1.29 is 22.0 Å². The van der Waals surface area contributed by atoms with Gasteiger partial charge >= 0.3 is 0 Å². The molecule has 0 aliphatic carbocycles. The molecule has 0 saturated heterocycles. The Morgan fingerprint density at radius 1 is 1.30 bits per heavy atom. The van der Waals surface area contributed by atoms with Gasteiger partial charge in [-0.3, -0.25) is 9.10 Å². The Balaban J connectivity index is 1.86. The number of thioether (sulfide) groups is 1. The van der Waals surface area contributed by atoms with Crippen LogP contribution in [0.1, 0.15) is 15.9 Å². The van der Waals surface area contributed by atoms with E-state index in [1.807, 2.05) is 0 Å². The third-order valence-electron chi connectivity index (χ3n) is 4.02. The van der Waals surface area contributed by atoms with Crippen LogP contribution < -0.4 is 9.62 Å². The summed E-state index contributed by atoms with van der Waals surface area (Å²) in [6.07, 6.45) is 1.62. The van der Waals surface area contributed by atoms with Gasteiger partial charge in [0, 0.05) is 12.1 Å². The van der Waals surface area contributed by atoms with Crippen LogP contribution in [0.3, 0.4) is 0 Å². The summed E-state index contributed by atoms with van der Waals surface area (Å²) in [5.41, 5.74) is 1.78. The van der Waals surface area contributed by atoms with Gasteiger partial charge in [0.25, 0.3) is 11.7 Å². The van der Waals surface area contributed by atoms with Crippen molar-refractivity contribution in [3.8, 4) is 0 Å². The van der Waals surface area contributed by atoms with E-state index in [9.17, 15) is 22.0 Å². The van der Waals surface area contributed by atoms with Crippen LogP contribution in [-0.2, 0) is 16.4 Å². The molecule has 2 aromatic rings. The number of benzene rings is 2. The van der Waals surface area contributed by atoms with Gasteiger partial charge in [-0.05, 0) is 42.3 Å². The van der Waals surface area contributed by atoms with Gasteiger partial charge in [-0.25, -0.2) is 8.42 Å². The monoisotopic (exact) mass is 432 g/mol. The summed E-state index contributed by atoms with van der Waals surface area (Å²) in [7, 11) is -3.38. The molecule has 0 radical (unpaired) electrons. The maximum Gasteiger partial charge on any atom is 0.289 e. The van der Waals surface area contributed by atoms with Crippen molar-refractivity contribution in [1.29, 1.82) is 0 Å². The SMILES string of the molecule is CS(=O)(=O)N1CCc2cc(C(=O)Nc3cccc(Cl)c3SC(F)F)ccc21. The van der Waals surface area contributed by atoms with Crippen LogP contribution in [0.4, 0.5) is 20.2 Å². The number of carbonyl (C=O) groups excluding carboxylic acids is 1. The smallest absolute Gasteiger partial charge is 0.289 e. The number of sulfonamides is 1. The number of fused-ring (bicyclic) bond motifs is 1. The molecule has 0 aromatic heterocycles. The fourth-order valence-corrected chi connectivity index (χ4v) is 4.74. The van der Waals surface area contributed by atoms with E-state index in [2.05, 4.69) is 5.32 Å².